The molecule has 2 aromatic rings. The highest BCUT2D eigenvalue weighted by Crippen LogP contribution is 2.31. The van der Waals surface area contributed by atoms with Crippen LogP contribution in [0.2, 0.25) is 5.02 Å². The number of aromatic carboxylic acids is 1. The third-order valence-electron chi connectivity index (χ3n) is 3.75. The number of halogens is 1. The molecular formula is C15H14ClNO2. The average Bonchev–Trinajstić information content (AvgIpc) is 2.80. The lowest BCUT2D eigenvalue weighted by Crippen LogP contribution is -2.21. The first-order valence-electron chi connectivity index (χ1n) is 6.32. The summed E-state index contributed by atoms with van der Waals surface area (Å²) in [5.74, 6) is -0.925. The maximum absolute atomic E-state index is 11.2. The largest absolute Gasteiger partial charge is 0.477 e. The number of hydrogen-bond donors (Lipinski definition) is 1. The van der Waals surface area contributed by atoms with Crippen LogP contribution in [-0.2, 0) is 12.8 Å². The molecule has 1 aliphatic carbocycles. The zero-order valence-corrected chi connectivity index (χ0v) is 11.1. The third kappa shape index (κ3) is 2.26. The van der Waals surface area contributed by atoms with E-state index in [1.165, 1.54) is 17.2 Å². The number of hydrogen-bond acceptors (Lipinski definition) is 1. The van der Waals surface area contributed by atoms with E-state index in [4.69, 9.17) is 11.6 Å². The Morgan fingerprint density at radius 3 is 2.79 bits per heavy atom. The molecule has 1 aliphatic rings. The van der Waals surface area contributed by atoms with Crippen LogP contribution in [-0.4, -0.2) is 15.6 Å². The lowest BCUT2D eigenvalue weighted by Gasteiger charge is -2.26. The van der Waals surface area contributed by atoms with Crippen molar-refractivity contribution in [3.05, 3.63) is 58.4 Å². The first-order chi connectivity index (χ1) is 9.15. The van der Waals surface area contributed by atoms with Gasteiger partial charge in [-0.25, -0.2) is 4.79 Å². The molecule has 0 amide bonds. The fourth-order valence-electron chi connectivity index (χ4n) is 2.84. The van der Waals surface area contributed by atoms with E-state index in [2.05, 4.69) is 12.1 Å². The van der Waals surface area contributed by atoms with Crippen molar-refractivity contribution in [2.75, 3.05) is 0 Å². The second-order valence-corrected chi connectivity index (χ2v) is 5.36. The minimum Gasteiger partial charge on any atom is -0.477 e. The number of carbonyl (C=O) groups is 1. The molecule has 0 saturated carbocycles. The Labute approximate surface area is 116 Å². The maximum atomic E-state index is 11.2. The molecule has 0 fully saturated rings. The van der Waals surface area contributed by atoms with Gasteiger partial charge in [0.15, 0.2) is 0 Å². The number of aryl methyl sites for hydroxylation is 1. The second-order valence-electron chi connectivity index (χ2n) is 4.92. The van der Waals surface area contributed by atoms with Gasteiger partial charge >= 0.3 is 5.97 Å². The lowest BCUT2D eigenvalue weighted by molar-refractivity contribution is 0.0682. The van der Waals surface area contributed by atoms with E-state index >= 15 is 0 Å². The normalized spacial score (nSPS) is 18.1. The Hall–Kier alpha value is -1.74. The van der Waals surface area contributed by atoms with Crippen LogP contribution in [0.4, 0.5) is 0 Å². The summed E-state index contributed by atoms with van der Waals surface area (Å²) in [5.41, 5.74) is 2.95. The summed E-state index contributed by atoms with van der Waals surface area (Å²) in [4.78, 5) is 11.2. The number of rotatable bonds is 2. The summed E-state index contributed by atoms with van der Waals surface area (Å²) in [7, 11) is 0. The monoisotopic (exact) mass is 275 g/mol. The van der Waals surface area contributed by atoms with E-state index in [1.807, 2.05) is 12.1 Å². The number of fused-ring (bicyclic) bond motifs is 1. The number of carboxylic acid groups (broad SMARTS) is 1. The van der Waals surface area contributed by atoms with Gasteiger partial charge in [0, 0.05) is 12.2 Å². The molecule has 19 heavy (non-hydrogen) atoms. The average molecular weight is 276 g/mol. The number of aromatic nitrogens is 1. The molecule has 0 spiro atoms. The zero-order valence-electron chi connectivity index (χ0n) is 10.3. The molecule has 1 atom stereocenters. The Kier molecular flexibility index (Phi) is 3.07. The Bertz CT molecular complexity index is 633. The summed E-state index contributed by atoms with van der Waals surface area (Å²) >= 11 is 5.94. The third-order valence-corrected chi connectivity index (χ3v) is 3.96. The molecule has 98 valence electrons. The van der Waals surface area contributed by atoms with Crippen LogP contribution in [0.25, 0.3) is 0 Å². The van der Waals surface area contributed by atoms with E-state index in [0.29, 0.717) is 5.02 Å². The quantitative estimate of drug-likeness (QED) is 0.910. The molecule has 1 aromatic heterocycles. The van der Waals surface area contributed by atoms with Crippen LogP contribution >= 0.6 is 11.6 Å². The maximum Gasteiger partial charge on any atom is 0.352 e. The molecule has 1 N–H and O–H groups in total. The molecule has 3 nitrogen and oxygen atoms in total. The number of benzene rings is 1. The van der Waals surface area contributed by atoms with Crippen molar-refractivity contribution in [1.82, 2.24) is 4.57 Å². The van der Waals surface area contributed by atoms with E-state index in [-0.39, 0.29) is 11.7 Å². The fraction of sp³-hybridized carbons (Fsp3) is 0.267. The van der Waals surface area contributed by atoms with Crippen molar-refractivity contribution >= 4 is 17.6 Å². The van der Waals surface area contributed by atoms with Gasteiger partial charge in [0.1, 0.15) is 5.69 Å². The predicted molar refractivity (Wildman–Crippen MR) is 73.9 cm³/mol. The minimum absolute atomic E-state index is 0.175. The van der Waals surface area contributed by atoms with Gasteiger partial charge in [0.2, 0.25) is 0 Å². The first-order valence-corrected chi connectivity index (χ1v) is 6.70. The van der Waals surface area contributed by atoms with Crippen molar-refractivity contribution < 1.29 is 9.90 Å². The van der Waals surface area contributed by atoms with Crippen LogP contribution in [0.15, 0.2) is 36.5 Å². The fourth-order valence-corrected chi connectivity index (χ4v) is 3.04. The van der Waals surface area contributed by atoms with Gasteiger partial charge in [0.05, 0.1) is 5.02 Å². The van der Waals surface area contributed by atoms with Gasteiger partial charge in [-0.2, -0.15) is 0 Å². The standard InChI is InChI=1S/C15H14ClNO2/c16-12-8-14(15(18)19)17(9-12)13-6-5-10-3-1-2-4-11(10)7-13/h1-4,8-9,13H,5-7H2,(H,18,19). The van der Waals surface area contributed by atoms with Gasteiger partial charge in [-0.05, 0) is 36.5 Å². The van der Waals surface area contributed by atoms with Crippen LogP contribution in [0.3, 0.4) is 0 Å². The predicted octanol–water partition coefficient (Wildman–Crippen LogP) is 3.57. The second kappa shape index (κ2) is 4.74. The highest BCUT2D eigenvalue weighted by molar-refractivity contribution is 6.30. The van der Waals surface area contributed by atoms with Crippen LogP contribution in [0.1, 0.15) is 34.1 Å². The lowest BCUT2D eigenvalue weighted by atomic mass is 9.88. The number of nitrogens with zero attached hydrogens (tertiary/aromatic N) is 1. The van der Waals surface area contributed by atoms with Gasteiger partial charge in [0.25, 0.3) is 0 Å². The highest BCUT2D eigenvalue weighted by Gasteiger charge is 2.23. The molecule has 0 bridgehead atoms. The van der Waals surface area contributed by atoms with Gasteiger partial charge in [-0.1, -0.05) is 35.9 Å². The van der Waals surface area contributed by atoms with E-state index in [1.54, 1.807) is 10.8 Å². The van der Waals surface area contributed by atoms with Crippen molar-refractivity contribution in [2.24, 2.45) is 0 Å². The summed E-state index contributed by atoms with van der Waals surface area (Å²) in [5, 5.41) is 9.71. The Morgan fingerprint density at radius 2 is 2.05 bits per heavy atom. The van der Waals surface area contributed by atoms with Crippen LogP contribution < -0.4 is 0 Å². The van der Waals surface area contributed by atoms with Gasteiger partial charge < -0.3 is 9.67 Å². The summed E-state index contributed by atoms with van der Waals surface area (Å²) in [6.07, 6.45) is 4.52. The molecule has 3 rings (SSSR count). The zero-order chi connectivity index (χ0) is 13.4. The smallest absolute Gasteiger partial charge is 0.352 e. The van der Waals surface area contributed by atoms with Crippen LogP contribution in [0, 0.1) is 0 Å². The van der Waals surface area contributed by atoms with Gasteiger partial charge in [-0.3, -0.25) is 0 Å². The Morgan fingerprint density at radius 1 is 1.32 bits per heavy atom. The molecule has 0 saturated heterocycles. The van der Waals surface area contributed by atoms with Crippen molar-refractivity contribution in [2.45, 2.75) is 25.3 Å². The Balaban J connectivity index is 1.95. The van der Waals surface area contributed by atoms with Crippen molar-refractivity contribution in [3.63, 3.8) is 0 Å². The molecule has 0 radical (unpaired) electrons. The van der Waals surface area contributed by atoms with E-state index in [0.717, 1.165) is 19.3 Å². The summed E-state index contributed by atoms with van der Waals surface area (Å²) in [6.45, 7) is 0. The van der Waals surface area contributed by atoms with Crippen molar-refractivity contribution in [3.8, 4) is 0 Å². The van der Waals surface area contributed by atoms with E-state index < -0.39 is 5.97 Å². The van der Waals surface area contributed by atoms with E-state index in [9.17, 15) is 9.90 Å². The molecule has 1 unspecified atom stereocenters. The molecule has 1 heterocycles. The van der Waals surface area contributed by atoms with Crippen LogP contribution in [0.5, 0.6) is 0 Å². The molecule has 0 aliphatic heterocycles. The topological polar surface area (TPSA) is 42.2 Å². The minimum atomic E-state index is -0.925. The first kappa shape index (κ1) is 12.3. The van der Waals surface area contributed by atoms with Crippen molar-refractivity contribution in [1.29, 1.82) is 0 Å². The SMILES string of the molecule is O=C(O)c1cc(Cl)cn1C1CCc2ccccc2C1. The molecule has 1 aromatic carbocycles. The summed E-state index contributed by atoms with van der Waals surface area (Å²) < 4.78 is 1.81. The highest BCUT2D eigenvalue weighted by atomic mass is 35.5. The molecular weight excluding hydrogens is 262 g/mol. The summed E-state index contributed by atoms with van der Waals surface area (Å²) in [6, 6.07) is 10.0. The number of carboxylic acids is 1. The molecule has 4 heteroatoms. The van der Waals surface area contributed by atoms with Gasteiger partial charge in [-0.15, -0.1) is 0 Å².